The van der Waals surface area contributed by atoms with Crippen LogP contribution in [0.4, 0.5) is 0 Å². The highest BCUT2D eigenvalue weighted by Crippen LogP contribution is 2.24. The molecule has 0 aromatic heterocycles. The monoisotopic (exact) mass is 363 g/mol. The van der Waals surface area contributed by atoms with E-state index >= 15 is 0 Å². The van der Waals surface area contributed by atoms with Gasteiger partial charge in [0, 0.05) is 36.9 Å². The number of benzene rings is 1. The number of hydrogen-bond acceptors (Lipinski definition) is 4. The van der Waals surface area contributed by atoms with Gasteiger partial charge in [0.15, 0.2) is 5.78 Å². The molecule has 1 aliphatic carbocycles. The number of Topliss-reactive ketones (excluding diaryl/α,β-unsaturated/α-hetero) is 1. The van der Waals surface area contributed by atoms with E-state index in [4.69, 9.17) is 0 Å². The molecular weight excluding hydrogens is 338 g/mol. The molecule has 1 aromatic rings. The number of carbonyl (C=O) groups excluding carboxylic acids is 2. The van der Waals surface area contributed by atoms with Gasteiger partial charge < -0.3 is 4.90 Å². The summed E-state index contributed by atoms with van der Waals surface area (Å²) in [5.41, 5.74) is 2.32. The summed E-state index contributed by atoms with van der Waals surface area (Å²) in [6.45, 7) is 1.05. The molecular formula is C19H25NO4S. The van der Waals surface area contributed by atoms with Gasteiger partial charge >= 0.3 is 0 Å². The van der Waals surface area contributed by atoms with Gasteiger partial charge in [-0.25, -0.2) is 8.42 Å². The SMILES string of the molecule is CS(=O)(=O)[C@H]1CCCN(C(=O)c2ccc3c(c2)CCCCC3=O)CC1. The van der Waals surface area contributed by atoms with Crippen molar-refractivity contribution in [1.82, 2.24) is 4.90 Å². The predicted octanol–water partition coefficient (Wildman–Crippen LogP) is 2.64. The molecule has 0 radical (unpaired) electrons. The Morgan fingerprint density at radius 1 is 1.08 bits per heavy atom. The number of amides is 1. The smallest absolute Gasteiger partial charge is 0.253 e. The highest BCUT2D eigenvalue weighted by molar-refractivity contribution is 7.91. The van der Waals surface area contributed by atoms with E-state index < -0.39 is 9.84 Å². The largest absolute Gasteiger partial charge is 0.339 e. The number of rotatable bonds is 2. The van der Waals surface area contributed by atoms with E-state index in [1.54, 1.807) is 17.0 Å². The summed E-state index contributed by atoms with van der Waals surface area (Å²) < 4.78 is 23.5. The van der Waals surface area contributed by atoms with Crippen molar-refractivity contribution in [3.63, 3.8) is 0 Å². The maximum atomic E-state index is 12.9. The summed E-state index contributed by atoms with van der Waals surface area (Å²) in [6.07, 6.45) is 6.37. The van der Waals surface area contributed by atoms with Gasteiger partial charge in [0.2, 0.25) is 0 Å². The summed E-state index contributed by atoms with van der Waals surface area (Å²) in [6, 6.07) is 5.39. The third-order valence-electron chi connectivity index (χ3n) is 5.32. The lowest BCUT2D eigenvalue weighted by atomic mass is 9.99. The minimum absolute atomic E-state index is 0.0614. The topological polar surface area (TPSA) is 71.5 Å². The first-order valence-corrected chi connectivity index (χ1v) is 11.0. The van der Waals surface area contributed by atoms with E-state index in [0.717, 1.165) is 30.4 Å². The van der Waals surface area contributed by atoms with Crippen LogP contribution >= 0.6 is 0 Å². The van der Waals surface area contributed by atoms with Gasteiger partial charge in [-0.1, -0.05) is 6.07 Å². The lowest BCUT2D eigenvalue weighted by molar-refractivity contribution is 0.0761. The fourth-order valence-corrected chi connectivity index (χ4v) is 4.95. The average molecular weight is 363 g/mol. The zero-order chi connectivity index (χ0) is 18.0. The molecule has 1 aromatic carbocycles. The molecule has 1 fully saturated rings. The first-order chi connectivity index (χ1) is 11.9. The summed E-state index contributed by atoms with van der Waals surface area (Å²) >= 11 is 0. The Morgan fingerprint density at radius 2 is 1.84 bits per heavy atom. The van der Waals surface area contributed by atoms with Gasteiger partial charge in [0.1, 0.15) is 9.84 Å². The quantitative estimate of drug-likeness (QED) is 0.757. The second kappa shape index (κ2) is 7.28. The fourth-order valence-electron chi connectivity index (χ4n) is 3.82. The van der Waals surface area contributed by atoms with Crippen LogP contribution in [0.1, 0.15) is 64.8 Å². The summed E-state index contributed by atoms with van der Waals surface area (Å²) in [5.74, 6) is 0.103. The Hall–Kier alpha value is -1.69. The number of fused-ring (bicyclic) bond motifs is 1. The molecule has 25 heavy (non-hydrogen) atoms. The minimum atomic E-state index is -3.06. The molecule has 3 rings (SSSR count). The van der Waals surface area contributed by atoms with E-state index in [1.807, 2.05) is 6.07 Å². The van der Waals surface area contributed by atoms with E-state index in [-0.39, 0.29) is 16.9 Å². The minimum Gasteiger partial charge on any atom is -0.339 e. The highest BCUT2D eigenvalue weighted by Gasteiger charge is 2.27. The number of ketones is 1. The summed E-state index contributed by atoms with van der Waals surface area (Å²) in [7, 11) is -3.06. The van der Waals surface area contributed by atoms with Crippen LogP contribution in [-0.2, 0) is 16.3 Å². The van der Waals surface area contributed by atoms with Crippen molar-refractivity contribution in [3.8, 4) is 0 Å². The lowest BCUT2D eigenvalue weighted by Gasteiger charge is -2.21. The van der Waals surface area contributed by atoms with Crippen LogP contribution in [0.15, 0.2) is 18.2 Å². The van der Waals surface area contributed by atoms with Crippen LogP contribution in [0, 0.1) is 0 Å². The van der Waals surface area contributed by atoms with E-state index in [2.05, 4.69) is 0 Å². The van der Waals surface area contributed by atoms with Crippen LogP contribution in [0.2, 0.25) is 0 Å². The normalized spacial score (nSPS) is 22.0. The molecule has 0 bridgehead atoms. The predicted molar refractivity (Wildman–Crippen MR) is 96.7 cm³/mol. The van der Waals surface area contributed by atoms with Gasteiger partial charge in [0.05, 0.1) is 5.25 Å². The Kier molecular flexibility index (Phi) is 5.27. The van der Waals surface area contributed by atoms with Crippen molar-refractivity contribution in [1.29, 1.82) is 0 Å². The number of likely N-dealkylation sites (tertiary alicyclic amines) is 1. The Balaban J connectivity index is 1.77. The molecule has 0 spiro atoms. The summed E-state index contributed by atoms with van der Waals surface area (Å²) in [4.78, 5) is 26.7. The number of carbonyl (C=O) groups is 2. The van der Waals surface area contributed by atoms with E-state index in [1.165, 1.54) is 6.26 Å². The van der Waals surface area contributed by atoms with Gasteiger partial charge in [-0.3, -0.25) is 9.59 Å². The molecule has 1 atom stereocenters. The maximum Gasteiger partial charge on any atom is 0.253 e. The zero-order valence-corrected chi connectivity index (χ0v) is 15.5. The first-order valence-electron chi connectivity index (χ1n) is 9.00. The highest BCUT2D eigenvalue weighted by atomic mass is 32.2. The lowest BCUT2D eigenvalue weighted by Crippen LogP contribution is -2.32. The molecule has 0 N–H and O–H groups in total. The molecule has 0 saturated carbocycles. The fraction of sp³-hybridized carbons (Fsp3) is 0.579. The Bertz CT molecular complexity index is 785. The second-order valence-electron chi connectivity index (χ2n) is 7.18. The van der Waals surface area contributed by atoms with Crippen molar-refractivity contribution in [2.45, 2.75) is 50.2 Å². The number of aryl methyl sites for hydroxylation is 1. The van der Waals surface area contributed by atoms with Crippen LogP contribution in [0.5, 0.6) is 0 Å². The first kappa shape index (κ1) is 18.1. The molecule has 1 amide bonds. The van der Waals surface area contributed by atoms with E-state index in [9.17, 15) is 18.0 Å². The van der Waals surface area contributed by atoms with Gasteiger partial charge in [-0.15, -0.1) is 0 Å². The molecule has 1 saturated heterocycles. The van der Waals surface area contributed by atoms with Crippen molar-refractivity contribution >= 4 is 21.5 Å². The average Bonchev–Trinajstić information content (AvgIpc) is 2.92. The van der Waals surface area contributed by atoms with Crippen molar-refractivity contribution in [2.75, 3.05) is 19.3 Å². The van der Waals surface area contributed by atoms with E-state index in [0.29, 0.717) is 44.3 Å². The van der Waals surface area contributed by atoms with Crippen molar-refractivity contribution in [2.24, 2.45) is 0 Å². The number of hydrogen-bond donors (Lipinski definition) is 0. The Labute approximate surface area is 149 Å². The van der Waals surface area contributed by atoms with Gasteiger partial charge in [-0.2, -0.15) is 0 Å². The third kappa shape index (κ3) is 4.11. The molecule has 0 unspecified atom stereocenters. The van der Waals surface area contributed by atoms with Gasteiger partial charge in [-0.05, 0) is 56.2 Å². The molecule has 2 aliphatic rings. The third-order valence-corrected chi connectivity index (χ3v) is 7.00. The van der Waals surface area contributed by atoms with Crippen molar-refractivity contribution in [3.05, 3.63) is 34.9 Å². The zero-order valence-electron chi connectivity index (χ0n) is 14.7. The molecule has 136 valence electrons. The van der Waals surface area contributed by atoms with Crippen molar-refractivity contribution < 1.29 is 18.0 Å². The number of sulfone groups is 1. The molecule has 5 nitrogen and oxygen atoms in total. The molecule has 1 heterocycles. The molecule has 6 heteroatoms. The standard InChI is InChI=1S/C19H25NO4S/c1-25(23,24)16-6-4-11-20(12-10-16)19(22)15-8-9-17-14(13-15)5-2-3-7-18(17)21/h8-9,13,16H,2-7,10-12H2,1H3/t16-/m0/s1. The molecule has 1 aliphatic heterocycles. The van der Waals surface area contributed by atoms with Crippen LogP contribution < -0.4 is 0 Å². The van der Waals surface area contributed by atoms with Gasteiger partial charge in [0.25, 0.3) is 5.91 Å². The Morgan fingerprint density at radius 3 is 2.60 bits per heavy atom. The maximum absolute atomic E-state index is 12.9. The van der Waals surface area contributed by atoms with Crippen LogP contribution in [0.3, 0.4) is 0 Å². The summed E-state index contributed by atoms with van der Waals surface area (Å²) in [5, 5.41) is -0.352. The van der Waals surface area contributed by atoms with Crippen LogP contribution in [-0.4, -0.2) is 49.6 Å². The number of nitrogens with zero attached hydrogens (tertiary/aromatic N) is 1. The second-order valence-corrected chi connectivity index (χ2v) is 9.50. The van der Waals surface area contributed by atoms with Crippen LogP contribution in [0.25, 0.3) is 0 Å².